The maximum Gasteiger partial charge on any atom is 0.416 e. The molecule has 38 heavy (non-hydrogen) atoms. The van der Waals surface area contributed by atoms with Gasteiger partial charge in [0, 0.05) is 38.8 Å². The Morgan fingerprint density at radius 1 is 0.868 bits per heavy atom. The van der Waals surface area contributed by atoms with E-state index in [0.29, 0.717) is 31.5 Å². The van der Waals surface area contributed by atoms with Crippen LogP contribution >= 0.6 is 0 Å². The van der Waals surface area contributed by atoms with Gasteiger partial charge >= 0.3 is 12.1 Å². The van der Waals surface area contributed by atoms with Gasteiger partial charge in [-0.1, -0.05) is 36.4 Å². The van der Waals surface area contributed by atoms with Crippen molar-refractivity contribution in [3.63, 3.8) is 0 Å². The molecule has 0 saturated carbocycles. The van der Waals surface area contributed by atoms with E-state index in [1.54, 1.807) is 24.3 Å². The minimum atomic E-state index is -4.43. The van der Waals surface area contributed by atoms with Crippen molar-refractivity contribution in [2.75, 3.05) is 19.6 Å². The Bertz CT molecular complexity index is 1150. The molecule has 0 amide bonds. The molecule has 0 spiro atoms. The molecule has 3 nitrogen and oxygen atoms in total. The van der Waals surface area contributed by atoms with E-state index in [1.807, 2.05) is 0 Å². The molecule has 0 atom stereocenters. The van der Waals surface area contributed by atoms with E-state index in [0.717, 1.165) is 42.6 Å². The summed E-state index contributed by atoms with van der Waals surface area (Å²) in [6.07, 6.45) is -1.91. The molecule has 0 unspecified atom stereocenters. The highest BCUT2D eigenvalue weighted by atomic mass is 19.4. The number of likely N-dealkylation sites (tertiary alicyclic amines) is 1. The molecule has 0 radical (unpaired) electrons. The van der Waals surface area contributed by atoms with Crippen LogP contribution in [0.2, 0.25) is 0 Å². The molecule has 0 N–H and O–H groups in total. The van der Waals surface area contributed by atoms with Crippen molar-refractivity contribution in [1.82, 2.24) is 4.90 Å². The predicted molar refractivity (Wildman–Crippen MR) is 134 cm³/mol. The van der Waals surface area contributed by atoms with Crippen molar-refractivity contribution in [1.29, 1.82) is 0 Å². The highest BCUT2D eigenvalue weighted by Gasteiger charge is 2.40. The fraction of sp³-hybridized carbons (Fsp3) is 0.367. The number of carbonyl (C=O) groups excluding carboxylic acids is 1. The Morgan fingerprint density at radius 2 is 1.37 bits per heavy atom. The van der Waals surface area contributed by atoms with Gasteiger partial charge in [-0.05, 0) is 72.5 Å². The Hall–Kier alpha value is -3.26. The number of hydrogen-bond donors (Lipinski definition) is 0. The summed E-state index contributed by atoms with van der Waals surface area (Å²) < 4.78 is 71.8. The van der Waals surface area contributed by atoms with Crippen LogP contribution < -0.4 is 0 Å². The second-order valence-corrected chi connectivity index (χ2v) is 9.80. The molecule has 1 fully saturated rings. The molecular formula is C30H30F5NO2. The van der Waals surface area contributed by atoms with Gasteiger partial charge in [-0.25, -0.2) is 8.78 Å². The minimum absolute atomic E-state index is 0.0201. The molecule has 202 valence electrons. The van der Waals surface area contributed by atoms with Gasteiger partial charge in [0.05, 0.1) is 5.56 Å². The van der Waals surface area contributed by atoms with E-state index in [2.05, 4.69) is 4.90 Å². The SMILES string of the molecule is CC(=O)OC1(c2ccc(C(F)(F)F)cc2)CCN(CCCC(c2ccc(F)cc2)c2ccc(F)cc2)CC1. The van der Waals surface area contributed by atoms with Crippen LogP contribution in [0.3, 0.4) is 0 Å². The van der Waals surface area contributed by atoms with Crippen molar-refractivity contribution >= 4 is 5.97 Å². The molecule has 0 aliphatic carbocycles. The number of carbonyl (C=O) groups is 1. The van der Waals surface area contributed by atoms with Gasteiger partial charge in [-0.15, -0.1) is 0 Å². The first kappa shape index (κ1) is 27.8. The molecule has 0 bridgehead atoms. The number of nitrogens with zero attached hydrogens (tertiary/aromatic N) is 1. The van der Waals surface area contributed by atoms with Crippen LogP contribution in [-0.2, 0) is 21.3 Å². The molecule has 1 heterocycles. The summed E-state index contributed by atoms with van der Waals surface area (Å²) in [4.78, 5) is 14.1. The molecular weight excluding hydrogens is 501 g/mol. The molecule has 3 aromatic rings. The van der Waals surface area contributed by atoms with Crippen LogP contribution in [-0.4, -0.2) is 30.5 Å². The zero-order chi connectivity index (χ0) is 27.3. The van der Waals surface area contributed by atoms with Gasteiger partial charge in [0.15, 0.2) is 0 Å². The number of alkyl halides is 3. The zero-order valence-electron chi connectivity index (χ0n) is 21.1. The molecule has 1 aliphatic heterocycles. The number of rotatable bonds is 8. The molecule has 1 saturated heterocycles. The van der Waals surface area contributed by atoms with Crippen LogP contribution in [0.4, 0.5) is 22.0 Å². The molecule has 1 aliphatic rings. The van der Waals surface area contributed by atoms with Gasteiger partial charge in [0.1, 0.15) is 17.2 Å². The number of benzene rings is 3. The van der Waals surface area contributed by atoms with E-state index in [9.17, 15) is 26.7 Å². The summed E-state index contributed by atoms with van der Waals surface area (Å²) in [5.74, 6) is -1.12. The van der Waals surface area contributed by atoms with E-state index >= 15 is 0 Å². The summed E-state index contributed by atoms with van der Waals surface area (Å²) in [6.45, 7) is 3.31. The van der Waals surface area contributed by atoms with E-state index in [1.165, 1.54) is 43.3 Å². The summed E-state index contributed by atoms with van der Waals surface area (Å²) >= 11 is 0. The van der Waals surface area contributed by atoms with Crippen LogP contribution in [0, 0.1) is 11.6 Å². The first-order valence-corrected chi connectivity index (χ1v) is 12.7. The number of ether oxygens (including phenoxy) is 1. The number of halogens is 5. The molecule has 4 rings (SSSR count). The summed E-state index contributed by atoms with van der Waals surface area (Å²) in [5.41, 5.74) is 0.763. The van der Waals surface area contributed by atoms with Crippen LogP contribution in [0.1, 0.15) is 60.8 Å². The summed E-state index contributed by atoms with van der Waals surface area (Å²) in [6, 6.07) is 17.6. The zero-order valence-corrected chi connectivity index (χ0v) is 21.1. The number of piperidine rings is 1. The van der Waals surface area contributed by atoms with E-state index in [4.69, 9.17) is 4.74 Å². The number of hydrogen-bond acceptors (Lipinski definition) is 3. The largest absolute Gasteiger partial charge is 0.454 e. The normalized spacial score (nSPS) is 16.0. The lowest BCUT2D eigenvalue weighted by Gasteiger charge is -2.41. The Kier molecular flexibility index (Phi) is 8.51. The second-order valence-electron chi connectivity index (χ2n) is 9.80. The summed E-state index contributed by atoms with van der Waals surface area (Å²) in [7, 11) is 0. The lowest BCUT2D eigenvalue weighted by Crippen LogP contribution is -2.45. The Labute approximate surface area is 219 Å². The minimum Gasteiger partial charge on any atom is -0.454 e. The van der Waals surface area contributed by atoms with E-state index < -0.39 is 23.3 Å². The maximum atomic E-state index is 13.5. The maximum absolute atomic E-state index is 13.5. The molecule has 8 heteroatoms. The van der Waals surface area contributed by atoms with Crippen LogP contribution in [0.25, 0.3) is 0 Å². The lowest BCUT2D eigenvalue weighted by molar-refractivity contribution is -0.164. The van der Waals surface area contributed by atoms with Gasteiger partial charge in [0.2, 0.25) is 0 Å². The monoisotopic (exact) mass is 531 g/mol. The third-order valence-electron chi connectivity index (χ3n) is 7.25. The lowest BCUT2D eigenvalue weighted by atomic mass is 9.83. The third kappa shape index (κ3) is 6.78. The van der Waals surface area contributed by atoms with Crippen molar-refractivity contribution in [3.05, 3.63) is 107 Å². The fourth-order valence-corrected chi connectivity index (χ4v) is 5.26. The predicted octanol–water partition coefficient (Wildman–Crippen LogP) is 7.45. The van der Waals surface area contributed by atoms with Crippen molar-refractivity contribution in [2.45, 2.75) is 50.3 Å². The highest BCUT2D eigenvalue weighted by Crippen LogP contribution is 2.39. The topological polar surface area (TPSA) is 29.5 Å². The average molecular weight is 532 g/mol. The van der Waals surface area contributed by atoms with Crippen molar-refractivity contribution < 1.29 is 31.5 Å². The average Bonchev–Trinajstić information content (AvgIpc) is 2.88. The van der Waals surface area contributed by atoms with Crippen molar-refractivity contribution in [2.24, 2.45) is 0 Å². The molecule has 0 aromatic heterocycles. The smallest absolute Gasteiger partial charge is 0.416 e. The quantitative estimate of drug-likeness (QED) is 0.223. The number of esters is 1. The van der Waals surface area contributed by atoms with E-state index in [-0.39, 0.29) is 17.6 Å². The third-order valence-corrected chi connectivity index (χ3v) is 7.25. The van der Waals surface area contributed by atoms with Crippen LogP contribution in [0.5, 0.6) is 0 Å². The van der Waals surface area contributed by atoms with Crippen LogP contribution in [0.15, 0.2) is 72.8 Å². The highest BCUT2D eigenvalue weighted by molar-refractivity contribution is 5.67. The first-order chi connectivity index (χ1) is 18.1. The standard InChI is InChI=1S/C30H30F5NO2/c1-21(37)38-29(24-8-10-25(11-9-24)30(33,34)35)16-19-36(20-17-29)18-2-3-28(22-4-12-26(31)13-5-22)23-6-14-27(32)15-7-23/h4-15,28H,2-3,16-20H2,1H3. The van der Waals surface area contributed by atoms with Gasteiger partial charge < -0.3 is 9.64 Å². The van der Waals surface area contributed by atoms with Gasteiger partial charge in [0.25, 0.3) is 0 Å². The Morgan fingerprint density at radius 3 is 1.82 bits per heavy atom. The molecule has 3 aromatic carbocycles. The Balaban J connectivity index is 1.41. The van der Waals surface area contributed by atoms with Crippen molar-refractivity contribution in [3.8, 4) is 0 Å². The fourth-order valence-electron chi connectivity index (χ4n) is 5.26. The summed E-state index contributed by atoms with van der Waals surface area (Å²) in [5, 5.41) is 0. The first-order valence-electron chi connectivity index (χ1n) is 12.7. The van der Waals surface area contributed by atoms with Gasteiger partial charge in [-0.3, -0.25) is 4.79 Å². The van der Waals surface area contributed by atoms with Gasteiger partial charge in [-0.2, -0.15) is 13.2 Å². The second kappa shape index (κ2) is 11.6.